The Labute approximate surface area is 196 Å². The van der Waals surface area contributed by atoms with E-state index in [-0.39, 0.29) is 24.2 Å². The van der Waals surface area contributed by atoms with Gasteiger partial charge in [0.1, 0.15) is 18.5 Å². The first kappa shape index (κ1) is 24.8. The predicted octanol–water partition coefficient (Wildman–Crippen LogP) is 3.62. The molecule has 0 aliphatic carbocycles. The number of hydrogen-bond donors (Lipinski definition) is 1. The number of aliphatic hydroxyl groups excluding tert-OH is 1. The number of para-hydroxylation sites is 1. The highest BCUT2D eigenvalue weighted by Gasteiger charge is 2.33. The van der Waals surface area contributed by atoms with Gasteiger partial charge in [0.25, 0.3) is 0 Å². The van der Waals surface area contributed by atoms with Crippen LogP contribution in [0.15, 0.2) is 48.5 Å². The summed E-state index contributed by atoms with van der Waals surface area (Å²) in [4.78, 5) is 4.35. The summed E-state index contributed by atoms with van der Waals surface area (Å²) < 4.78 is 29.9. The highest BCUT2D eigenvalue weighted by atomic mass is 35.5. The van der Waals surface area contributed by atoms with Gasteiger partial charge in [-0.2, -0.15) is 0 Å². The average molecular weight is 481 g/mol. The normalized spacial score (nSPS) is 18.6. The summed E-state index contributed by atoms with van der Waals surface area (Å²) >= 11 is 6.12. The van der Waals surface area contributed by atoms with Crippen LogP contribution < -0.4 is 9.64 Å². The lowest BCUT2D eigenvalue weighted by Crippen LogP contribution is -2.42. The van der Waals surface area contributed by atoms with Gasteiger partial charge in [-0.25, -0.2) is 8.42 Å². The summed E-state index contributed by atoms with van der Waals surface area (Å²) in [5.41, 5.74) is 2.26. The molecular formula is C24H33ClN2O4S. The molecule has 0 amide bonds. The molecule has 1 heterocycles. The molecule has 1 aliphatic rings. The number of nitrogens with zero attached hydrogens (tertiary/aromatic N) is 2. The summed E-state index contributed by atoms with van der Waals surface area (Å²) in [6, 6.07) is 15.4. The van der Waals surface area contributed by atoms with Crippen molar-refractivity contribution in [3.05, 3.63) is 59.1 Å². The molecule has 1 aliphatic heterocycles. The first-order valence-electron chi connectivity index (χ1n) is 11.1. The molecule has 1 N–H and O–H groups in total. The van der Waals surface area contributed by atoms with Gasteiger partial charge in [-0.05, 0) is 50.1 Å². The zero-order valence-electron chi connectivity index (χ0n) is 18.8. The standard InChI is InChI=1S/C24H33ClN2O4S/c1-3-26(4-2)20-11-9-19(10-12-20)15-27(21-13-14-32(29,30)18-21)16-22(28)17-31-24-8-6-5-7-23(24)25/h5-12,21-22,28H,3-4,13-18H2,1-2H3. The van der Waals surface area contributed by atoms with Gasteiger partial charge >= 0.3 is 0 Å². The second kappa shape index (κ2) is 11.4. The topological polar surface area (TPSA) is 70.1 Å². The first-order valence-corrected chi connectivity index (χ1v) is 13.3. The van der Waals surface area contributed by atoms with E-state index in [0.717, 1.165) is 18.7 Å². The predicted molar refractivity (Wildman–Crippen MR) is 130 cm³/mol. The molecule has 2 aromatic rings. The van der Waals surface area contributed by atoms with Crippen molar-refractivity contribution in [1.29, 1.82) is 0 Å². The first-order chi connectivity index (χ1) is 15.3. The van der Waals surface area contributed by atoms with Crippen LogP contribution in [0.5, 0.6) is 5.75 Å². The molecule has 32 heavy (non-hydrogen) atoms. The van der Waals surface area contributed by atoms with Crippen molar-refractivity contribution in [2.75, 3.05) is 42.6 Å². The highest BCUT2D eigenvalue weighted by molar-refractivity contribution is 7.91. The second-order valence-electron chi connectivity index (χ2n) is 8.22. The lowest BCUT2D eigenvalue weighted by molar-refractivity contribution is 0.0525. The van der Waals surface area contributed by atoms with Crippen molar-refractivity contribution in [3.8, 4) is 5.75 Å². The van der Waals surface area contributed by atoms with Crippen molar-refractivity contribution in [2.24, 2.45) is 0 Å². The Morgan fingerprint density at radius 3 is 2.41 bits per heavy atom. The van der Waals surface area contributed by atoms with E-state index in [2.05, 4.69) is 47.9 Å². The zero-order chi connectivity index (χ0) is 23.1. The number of sulfone groups is 1. The average Bonchev–Trinajstić information content (AvgIpc) is 3.14. The smallest absolute Gasteiger partial charge is 0.151 e. The molecule has 2 unspecified atom stereocenters. The van der Waals surface area contributed by atoms with E-state index in [9.17, 15) is 13.5 Å². The summed E-state index contributed by atoms with van der Waals surface area (Å²) in [6.07, 6.45) is -0.192. The number of benzene rings is 2. The van der Waals surface area contributed by atoms with Crippen LogP contribution in [0.1, 0.15) is 25.8 Å². The third-order valence-corrected chi connectivity index (χ3v) is 7.95. The molecule has 8 heteroatoms. The van der Waals surface area contributed by atoms with E-state index < -0.39 is 15.9 Å². The fourth-order valence-corrected chi connectivity index (χ4v) is 6.06. The van der Waals surface area contributed by atoms with Gasteiger partial charge in [0.2, 0.25) is 0 Å². The highest BCUT2D eigenvalue weighted by Crippen LogP contribution is 2.24. The monoisotopic (exact) mass is 480 g/mol. The molecule has 0 spiro atoms. The van der Waals surface area contributed by atoms with Gasteiger partial charge in [-0.3, -0.25) is 4.90 Å². The number of hydrogen-bond acceptors (Lipinski definition) is 6. The molecule has 0 radical (unpaired) electrons. The lowest BCUT2D eigenvalue weighted by atomic mass is 10.1. The Hall–Kier alpha value is -1.80. The quantitative estimate of drug-likeness (QED) is 0.529. The van der Waals surface area contributed by atoms with Crippen molar-refractivity contribution in [1.82, 2.24) is 4.90 Å². The zero-order valence-corrected chi connectivity index (χ0v) is 20.4. The summed E-state index contributed by atoms with van der Waals surface area (Å²) in [5, 5.41) is 11.1. The molecule has 2 atom stereocenters. The van der Waals surface area contributed by atoms with E-state index in [4.69, 9.17) is 16.3 Å². The second-order valence-corrected chi connectivity index (χ2v) is 10.9. The van der Waals surface area contributed by atoms with Gasteiger partial charge in [0, 0.05) is 37.9 Å². The Bertz CT molecular complexity index is 964. The maximum absolute atomic E-state index is 12.1. The molecular weight excluding hydrogens is 448 g/mol. The van der Waals surface area contributed by atoms with Crippen LogP contribution in [0, 0.1) is 0 Å². The Morgan fingerprint density at radius 1 is 1.12 bits per heavy atom. The number of aliphatic hydroxyl groups is 1. The van der Waals surface area contributed by atoms with Gasteiger partial charge in [-0.15, -0.1) is 0 Å². The molecule has 0 bridgehead atoms. The molecule has 3 rings (SSSR count). The van der Waals surface area contributed by atoms with Gasteiger partial charge in [0.05, 0.1) is 16.5 Å². The van der Waals surface area contributed by atoms with Crippen LogP contribution in [0.25, 0.3) is 0 Å². The maximum Gasteiger partial charge on any atom is 0.151 e. The summed E-state index contributed by atoms with van der Waals surface area (Å²) in [5.74, 6) is 0.847. The van der Waals surface area contributed by atoms with E-state index in [0.29, 0.717) is 30.3 Å². The van der Waals surface area contributed by atoms with Crippen LogP contribution >= 0.6 is 11.6 Å². The third kappa shape index (κ3) is 6.85. The van der Waals surface area contributed by atoms with Gasteiger partial charge in [0.15, 0.2) is 9.84 Å². The van der Waals surface area contributed by atoms with E-state index in [1.54, 1.807) is 12.1 Å². The molecule has 6 nitrogen and oxygen atoms in total. The SMILES string of the molecule is CCN(CC)c1ccc(CN(CC(O)COc2ccccc2Cl)C2CCS(=O)(=O)C2)cc1. The van der Waals surface area contributed by atoms with Crippen LogP contribution in [0.3, 0.4) is 0 Å². The fourth-order valence-electron chi connectivity index (χ4n) is 4.11. The van der Waals surface area contributed by atoms with E-state index in [1.807, 2.05) is 12.1 Å². The molecule has 176 valence electrons. The van der Waals surface area contributed by atoms with Gasteiger partial charge in [-0.1, -0.05) is 35.9 Å². The Kier molecular flexibility index (Phi) is 8.82. The minimum atomic E-state index is -3.03. The Morgan fingerprint density at radius 2 is 1.81 bits per heavy atom. The lowest BCUT2D eigenvalue weighted by Gasteiger charge is -2.30. The van der Waals surface area contributed by atoms with Gasteiger partial charge < -0.3 is 14.7 Å². The molecule has 2 aromatic carbocycles. The van der Waals surface area contributed by atoms with E-state index in [1.165, 1.54) is 5.69 Å². The third-order valence-electron chi connectivity index (χ3n) is 5.89. The number of anilines is 1. The molecule has 0 saturated carbocycles. The fraction of sp³-hybridized carbons (Fsp3) is 0.500. The largest absolute Gasteiger partial charge is 0.489 e. The van der Waals surface area contributed by atoms with Crippen molar-refractivity contribution >= 4 is 27.1 Å². The van der Waals surface area contributed by atoms with E-state index >= 15 is 0 Å². The molecule has 0 aromatic heterocycles. The van der Waals surface area contributed by atoms with Crippen molar-refractivity contribution in [2.45, 2.75) is 39.0 Å². The maximum atomic E-state index is 12.1. The minimum absolute atomic E-state index is 0.0839. The van der Waals surface area contributed by atoms with Crippen LogP contribution in [0.2, 0.25) is 5.02 Å². The van der Waals surface area contributed by atoms with Crippen molar-refractivity contribution in [3.63, 3.8) is 0 Å². The molecule has 1 fully saturated rings. The summed E-state index contributed by atoms with van der Waals surface area (Å²) in [7, 11) is -3.03. The molecule has 1 saturated heterocycles. The minimum Gasteiger partial charge on any atom is -0.489 e. The Balaban J connectivity index is 1.67. The van der Waals surface area contributed by atoms with Crippen molar-refractivity contribution < 1.29 is 18.3 Å². The number of halogens is 1. The number of ether oxygens (including phenoxy) is 1. The summed E-state index contributed by atoms with van der Waals surface area (Å²) in [6.45, 7) is 7.13. The van der Waals surface area contributed by atoms with Crippen LogP contribution in [-0.4, -0.2) is 68.3 Å². The van der Waals surface area contributed by atoms with Crippen LogP contribution in [-0.2, 0) is 16.4 Å². The number of rotatable bonds is 11. The van der Waals surface area contributed by atoms with Crippen LogP contribution in [0.4, 0.5) is 5.69 Å².